The fourth-order valence-corrected chi connectivity index (χ4v) is 4.88. The molecule has 1 aromatic heterocycles. The van der Waals surface area contributed by atoms with E-state index in [1.807, 2.05) is 6.20 Å². The molecule has 2 atom stereocenters. The van der Waals surface area contributed by atoms with Gasteiger partial charge < -0.3 is 14.6 Å². The van der Waals surface area contributed by atoms with Crippen molar-refractivity contribution in [1.29, 1.82) is 0 Å². The number of rotatable bonds is 2. The number of aromatic nitrogens is 1. The highest BCUT2D eigenvalue weighted by atomic mass is 16.5. The maximum atomic E-state index is 12.6. The molecule has 5 rings (SSSR count). The molecule has 0 saturated heterocycles. The van der Waals surface area contributed by atoms with Crippen LogP contribution in [0.2, 0.25) is 0 Å². The molecule has 0 spiro atoms. The second kappa shape index (κ2) is 6.55. The zero-order valence-corrected chi connectivity index (χ0v) is 16.2. The maximum Gasteiger partial charge on any atom is 0.335 e. The number of fused-ring (bicyclic) bond motifs is 5. The highest BCUT2D eigenvalue weighted by molar-refractivity contribution is 5.90. The van der Waals surface area contributed by atoms with Crippen molar-refractivity contribution in [3.8, 4) is 0 Å². The van der Waals surface area contributed by atoms with Gasteiger partial charge in [0.15, 0.2) is 0 Å². The molecule has 0 unspecified atom stereocenters. The third kappa shape index (κ3) is 2.63. The lowest BCUT2D eigenvalue weighted by atomic mass is 9.79. The van der Waals surface area contributed by atoms with Gasteiger partial charge in [-0.2, -0.15) is 0 Å². The Bertz CT molecular complexity index is 1090. The van der Waals surface area contributed by atoms with E-state index in [0.717, 1.165) is 25.0 Å². The van der Waals surface area contributed by atoms with Crippen LogP contribution in [0.4, 0.5) is 0 Å². The van der Waals surface area contributed by atoms with Gasteiger partial charge in [-0.3, -0.25) is 0 Å². The first-order valence-corrected chi connectivity index (χ1v) is 9.87. The van der Waals surface area contributed by atoms with E-state index in [1.54, 1.807) is 0 Å². The number of nitrogens with zero attached hydrogens (tertiary/aromatic N) is 1. The molecule has 28 heavy (non-hydrogen) atoms. The van der Waals surface area contributed by atoms with E-state index in [1.165, 1.54) is 40.4 Å². The van der Waals surface area contributed by atoms with Crippen LogP contribution in [0.5, 0.6) is 0 Å². The Balaban J connectivity index is 1.62. The molecule has 2 aliphatic heterocycles. The Morgan fingerprint density at radius 1 is 1.18 bits per heavy atom. The van der Waals surface area contributed by atoms with E-state index in [9.17, 15) is 4.79 Å². The molecule has 2 aromatic carbocycles. The predicted octanol–water partition coefficient (Wildman–Crippen LogP) is 4.62. The van der Waals surface area contributed by atoms with Crippen molar-refractivity contribution in [2.24, 2.45) is 0 Å². The van der Waals surface area contributed by atoms with Gasteiger partial charge in [0.05, 0.1) is 18.7 Å². The highest BCUT2D eigenvalue weighted by Gasteiger charge is 2.38. The Morgan fingerprint density at radius 3 is 2.86 bits per heavy atom. The number of ether oxygens (including phenoxy) is 1. The van der Waals surface area contributed by atoms with Crippen molar-refractivity contribution in [3.63, 3.8) is 0 Å². The number of nitrogens with one attached hydrogen (secondary N) is 1. The minimum absolute atomic E-state index is 0.0333. The largest absolute Gasteiger partial charge is 0.466 e. The average Bonchev–Trinajstić information content (AvgIpc) is 3.11. The van der Waals surface area contributed by atoms with E-state index in [0.29, 0.717) is 0 Å². The van der Waals surface area contributed by atoms with Crippen molar-refractivity contribution >= 4 is 16.9 Å². The first kappa shape index (κ1) is 17.1. The van der Waals surface area contributed by atoms with Crippen LogP contribution in [0, 0.1) is 6.92 Å². The number of aryl methyl sites for hydroxylation is 1. The van der Waals surface area contributed by atoms with Crippen LogP contribution in [-0.4, -0.2) is 29.5 Å². The molecule has 0 radical (unpaired) electrons. The summed E-state index contributed by atoms with van der Waals surface area (Å²) in [6, 6.07) is 17.3. The lowest BCUT2D eigenvalue weighted by Gasteiger charge is -2.41. The maximum absolute atomic E-state index is 12.6. The van der Waals surface area contributed by atoms with Gasteiger partial charge in [-0.15, -0.1) is 0 Å². The summed E-state index contributed by atoms with van der Waals surface area (Å²) in [5.41, 5.74) is 7.06. The quantitative estimate of drug-likeness (QED) is 0.668. The van der Waals surface area contributed by atoms with Gasteiger partial charge in [0.2, 0.25) is 0 Å². The predicted molar refractivity (Wildman–Crippen MR) is 110 cm³/mol. The molecular formula is C24H24N2O2. The Morgan fingerprint density at radius 2 is 2.04 bits per heavy atom. The number of hydrogen-bond donors (Lipinski definition) is 1. The summed E-state index contributed by atoms with van der Waals surface area (Å²) < 4.78 is 5.13. The van der Waals surface area contributed by atoms with Crippen LogP contribution in [0.15, 0.2) is 60.3 Å². The topological polar surface area (TPSA) is 45.3 Å². The smallest absolute Gasteiger partial charge is 0.335 e. The molecule has 0 amide bonds. The van der Waals surface area contributed by atoms with Crippen LogP contribution < -0.4 is 0 Å². The first-order valence-electron chi connectivity index (χ1n) is 9.87. The summed E-state index contributed by atoms with van der Waals surface area (Å²) in [6.45, 7) is 3.01. The second-order valence-electron chi connectivity index (χ2n) is 7.84. The lowest BCUT2D eigenvalue weighted by Crippen LogP contribution is -2.37. The third-order valence-corrected chi connectivity index (χ3v) is 6.21. The van der Waals surface area contributed by atoms with Crippen molar-refractivity contribution in [1.82, 2.24) is 9.88 Å². The van der Waals surface area contributed by atoms with Crippen LogP contribution in [0.3, 0.4) is 0 Å². The molecule has 3 aromatic rings. The molecule has 1 N–H and O–H groups in total. The molecule has 4 nitrogen and oxygen atoms in total. The third-order valence-electron chi connectivity index (χ3n) is 6.21. The highest BCUT2D eigenvalue weighted by Crippen LogP contribution is 2.46. The van der Waals surface area contributed by atoms with Crippen molar-refractivity contribution in [2.45, 2.75) is 31.7 Å². The lowest BCUT2D eigenvalue weighted by molar-refractivity contribution is -0.136. The van der Waals surface area contributed by atoms with Gasteiger partial charge in [0.25, 0.3) is 0 Å². The zero-order chi connectivity index (χ0) is 19.3. The van der Waals surface area contributed by atoms with Gasteiger partial charge in [0.1, 0.15) is 0 Å². The van der Waals surface area contributed by atoms with Gasteiger partial charge in [-0.1, -0.05) is 48.0 Å². The summed E-state index contributed by atoms with van der Waals surface area (Å²) in [6.07, 6.45) is 3.89. The molecular weight excluding hydrogens is 348 g/mol. The minimum atomic E-state index is -0.229. The number of para-hydroxylation sites is 1. The molecule has 0 bridgehead atoms. The van der Waals surface area contributed by atoms with Gasteiger partial charge in [-0.25, -0.2) is 4.79 Å². The van der Waals surface area contributed by atoms with Crippen LogP contribution >= 0.6 is 0 Å². The first-order chi connectivity index (χ1) is 13.7. The standard InChI is InChI=1S/C24H24N2O2/c1-15-6-5-7-16(12-15)19-13-22-23-18(17-8-3-4-9-21(17)25-23)10-11-26(22)14-20(19)24(27)28-2/h3-9,12,14,19,22,25H,10-11,13H2,1-2H3/t19-,22-/m1/s1. The fourth-order valence-electron chi connectivity index (χ4n) is 4.88. The zero-order valence-electron chi connectivity index (χ0n) is 16.2. The SMILES string of the molecule is COC(=O)C1=CN2CCc3c([nH]c4ccccc34)[C@H]2C[C@@H]1c1cccc(C)c1. The van der Waals surface area contributed by atoms with Crippen molar-refractivity contribution in [2.75, 3.05) is 13.7 Å². The molecule has 3 heterocycles. The molecule has 142 valence electrons. The fraction of sp³-hybridized carbons (Fsp3) is 0.292. The van der Waals surface area contributed by atoms with Crippen molar-refractivity contribution in [3.05, 3.63) is 82.7 Å². The van der Waals surface area contributed by atoms with E-state index in [2.05, 4.69) is 65.3 Å². The number of esters is 1. The Kier molecular flexibility index (Phi) is 4.00. The van der Waals surface area contributed by atoms with E-state index >= 15 is 0 Å². The summed E-state index contributed by atoms with van der Waals surface area (Å²) in [5.74, 6) is -0.196. The number of benzene rings is 2. The van der Waals surface area contributed by atoms with Crippen LogP contribution in [-0.2, 0) is 16.0 Å². The summed E-state index contributed by atoms with van der Waals surface area (Å²) in [4.78, 5) is 18.6. The Hall–Kier alpha value is -3.01. The van der Waals surface area contributed by atoms with Crippen molar-refractivity contribution < 1.29 is 9.53 Å². The Labute approximate surface area is 164 Å². The van der Waals surface area contributed by atoms with E-state index < -0.39 is 0 Å². The van der Waals surface area contributed by atoms with E-state index in [4.69, 9.17) is 4.74 Å². The summed E-state index contributed by atoms with van der Waals surface area (Å²) >= 11 is 0. The van der Waals surface area contributed by atoms with Gasteiger partial charge >= 0.3 is 5.97 Å². The molecule has 2 aliphatic rings. The number of carbonyl (C=O) groups is 1. The number of methoxy groups -OCH3 is 1. The van der Waals surface area contributed by atoms with Crippen LogP contribution in [0.1, 0.15) is 40.8 Å². The molecule has 4 heteroatoms. The number of H-pyrrole nitrogens is 1. The average molecular weight is 372 g/mol. The van der Waals surface area contributed by atoms with Crippen LogP contribution in [0.25, 0.3) is 10.9 Å². The molecule has 0 saturated carbocycles. The van der Waals surface area contributed by atoms with E-state index in [-0.39, 0.29) is 17.9 Å². The normalized spacial score (nSPS) is 21.1. The number of hydrogen-bond acceptors (Lipinski definition) is 3. The number of carbonyl (C=O) groups excluding carboxylic acids is 1. The van der Waals surface area contributed by atoms with Gasteiger partial charge in [0, 0.05) is 35.3 Å². The summed E-state index contributed by atoms with van der Waals surface area (Å²) in [7, 11) is 1.47. The summed E-state index contributed by atoms with van der Waals surface area (Å²) in [5, 5.41) is 1.33. The second-order valence-corrected chi connectivity index (χ2v) is 7.84. The van der Waals surface area contributed by atoms with Gasteiger partial charge in [-0.05, 0) is 37.0 Å². The molecule has 0 fully saturated rings. The monoisotopic (exact) mass is 372 g/mol. The minimum Gasteiger partial charge on any atom is -0.466 e. The number of aromatic amines is 1. The molecule has 0 aliphatic carbocycles.